The van der Waals surface area contributed by atoms with Crippen LogP contribution in [0.2, 0.25) is 0 Å². The van der Waals surface area contributed by atoms with Gasteiger partial charge in [0.15, 0.2) is 11.6 Å². The van der Waals surface area contributed by atoms with Gasteiger partial charge in [-0.25, -0.2) is 9.37 Å². The smallest absolute Gasteiger partial charge is 0.256 e. The number of anilines is 3. The zero-order valence-corrected chi connectivity index (χ0v) is 24.2. The van der Waals surface area contributed by atoms with Crippen molar-refractivity contribution >= 4 is 28.7 Å². The van der Waals surface area contributed by atoms with E-state index >= 15 is 4.39 Å². The molecule has 1 amide bonds. The Kier molecular flexibility index (Phi) is 8.48. The van der Waals surface area contributed by atoms with Gasteiger partial charge in [0.05, 0.1) is 18.0 Å². The van der Waals surface area contributed by atoms with E-state index in [0.717, 1.165) is 47.6 Å². The third-order valence-corrected chi connectivity index (χ3v) is 8.62. The Balaban J connectivity index is 1.24. The molecule has 0 bridgehead atoms. The number of pyridine rings is 2. The van der Waals surface area contributed by atoms with Crippen LogP contribution in [-0.2, 0) is 11.3 Å². The van der Waals surface area contributed by atoms with Gasteiger partial charge in [0.25, 0.3) is 5.91 Å². The molecule has 0 saturated carbocycles. The van der Waals surface area contributed by atoms with Crippen LogP contribution in [0.3, 0.4) is 0 Å². The van der Waals surface area contributed by atoms with Gasteiger partial charge in [-0.3, -0.25) is 14.7 Å². The lowest BCUT2D eigenvalue weighted by Gasteiger charge is -2.30. The molecule has 0 aliphatic carbocycles. The monoisotopic (exact) mass is 570 g/mol. The van der Waals surface area contributed by atoms with Crippen molar-refractivity contribution in [2.45, 2.75) is 58.1 Å². The molecular weight excluding hydrogens is 531 g/mol. The van der Waals surface area contributed by atoms with Gasteiger partial charge in [-0.05, 0) is 80.1 Å². The summed E-state index contributed by atoms with van der Waals surface area (Å²) >= 11 is 0. The summed E-state index contributed by atoms with van der Waals surface area (Å²) in [6.07, 6.45) is 10.7. The first-order valence-corrected chi connectivity index (χ1v) is 15.2. The SMILES string of the molecule is CCC1=C(C(=O)Nc2cnc(N3CCC(O)CC3)c(F)c2)c2cc(-c3cncc(CN4CCCCC4)c3)ccc2NC1. The van der Waals surface area contributed by atoms with E-state index in [2.05, 4.69) is 43.7 Å². The highest BCUT2D eigenvalue weighted by atomic mass is 19.1. The fourth-order valence-corrected chi connectivity index (χ4v) is 6.26. The molecule has 3 N–H and O–H groups in total. The summed E-state index contributed by atoms with van der Waals surface area (Å²) in [5, 5.41) is 16.1. The number of aromatic nitrogens is 2. The molecule has 2 aromatic heterocycles. The first-order valence-electron chi connectivity index (χ1n) is 15.2. The lowest BCUT2D eigenvalue weighted by molar-refractivity contribution is -0.111. The Bertz CT molecular complexity index is 1480. The molecule has 9 heteroatoms. The van der Waals surface area contributed by atoms with Crippen LogP contribution in [0.5, 0.6) is 0 Å². The van der Waals surface area contributed by atoms with Crippen LogP contribution in [0, 0.1) is 5.82 Å². The Hall–Kier alpha value is -3.82. The van der Waals surface area contributed by atoms with Crippen molar-refractivity contribution in [3.8, 4) is 11.1 Å². The van der Waals surface area contributed by atoms with Crippen molar-refractivity contribution in [2.24, 2.45) is 0 Å². The average Bonchev–Trinajstić information content (AvgIpc) is 3.01. The molecule has 42 heavy (non-hydrogen) atoms. The molecular formula is C33H39FN6O2. The molecule has 2 saturated heterocycles. The van der Waals surface area contributed by atoms with E-state index in [4.69, 9.17) is 0 Å². The molecule has 8 nitrogen and oxygen atoms in total. The molecule has 1 aromatic carbocycles. The summed E-state index contributed by atoms with van der Waals surface area (Å²) in [6, 6.07) is 9.67. The molecule has 3 aromatic rings. The maximum atomic E-state index is 15.1. The van der Waals surface area contributed by atoms with Gasteiger partial charge in [-0.1, -0.05) is 19.4 Å². The number of nitrogens with one attached hydrogen (secondary N) is 2. The van der Waals surface area contributed by atoms with Crippen LogP contribution >= 0.6 is 0 Å². The number of halogens is 1. The third-order valence-electron chi connectivity index (χ3n) is 8.62. The van der Waals surface area contributed by atoms with E-state index < -0.39 is 5.82 Å². The van der Waals surface area contributed by atoms with Gasteiger partial charge >= 0.3 is 0 Å². The minimum Gasteiger partial charge on any atom is -0.393 e. The van der Waals surface area contributed by atoms with E-state index in [1.807, 2.05) is 30.3 Å². The Morgan fingerprint density at radius 1 is 1.05 bits per heavy atom. The Morgan fingerprint density at radius 2 is 1.86 bits per heavy atom. The minimum absolute atomic E-state index is 0.251. The summed E-state index contributed by atoms with van der Waals surface area (Å²) in [4.78, 5) is 26.9. The van der Waals surface area contributed by atoms with E-state index in [1.54, 1.807) is 0 Å². The zero-order valence-electron chi connectivity index (χ0n) is 24.2. The van der Waals surface area contributed by atoms with Crippen LogP contribution < -0.4 is 15.5 Å². The largest absolute Gasteiger partial charge is 0.393 e. The second kappa shape index (κ2) is 12.6. The van der Waals surface area contributed by atoms with Gasteiger partial charge in [-0.2, -0.15) is 0 Å². The molecule has 6 rings (SSSR count). The number of nitrogens with zero attached hydrogens (tertiary/aromatic N) is 4. The second-order valence-electron chi connectivity index (χ2n) is 11.6. The highest BCUT2D eigenvalue weighted by Gasteiger charge is 2.26. The van der Waals surface area contributed by atoms with Gasteiger partial charge in [0, 0.05) is 67.0 Å². The van der Waals surface area contributed by atoms with Crippen LogP contribution in [0.25, 0.3) is 16.7 Å². The minimum atomic E-state index is -0.487. The van der Waals surface area contributed by atoms with Crippen molar-refractivity contribution < 1.29 is 14.3 Å². The summed E-state index contributed by atoms with van der Waals surface area (Å²) in [6.45, 7) is 6.86. The standard InChI is InChI=1S/C33H39FN6O2/c1-2-23-19-36-30-7-6-24(25-14-22(17-35-18-25)21-39-10-4-3-5-11-39)15-28(30)31(23)33(42)38-26-16-29(34)32(37-20-26)40-12-8-27(41)9-13-40/h6-7,14-18,20,27,36,41H,2-5,8-13,19,21H2,1H3,(H,38,42). The predicted octanol–water partition coefficient (Wildman–Crippen LogP) is 5.46. The first kappa shape index (κ1) is 28.3. The number of carbonyl (C=O) groups is 1. The second-order valence-corrected chi connectivity index (χ2v) is 11.6. The average molecular weight is 571 g/mol. The molecule has 3 aliphatic heterocycles. The molecule has 0 spiro atoms. The number of fused-ring (bicyclic) bond motifs is 1. The molecule has 2 fully saturated rings. The van der Waals surface area contributed by atoms with Crippen molar-refractivity contribution in [1.82, 2.24) is 14.9 Å². The van der Waals surface area contributed by atoms with Crippen molar-refractivity contribution in [3.63, 3.8) is 0 Å². The maximum absolute atomic E-state index is 15.1. The summed E-state index contributed by atoms with van der Waals surface area (Å²) < 4.78 is 15.1. The number of likely N-dealkylation sites (tertiary alicyclic amines) is 1. The summed E-state index contributed by atoms with van der Waals surface area (Å²) in [5.41, 5.74) is 6.83. The van der Waals surface area contributed by atoms with E-state index in [-0.39, 0.29) is 17.8 Å². The number of hydrogen-bond donors (Lipinski definition) is 3. The van der Waals surface area contributed by atoms with Crippen molar-refractivity contribution in [1.29, 1.82) is 0 Å². The number of rotatable bonds is 7. The number of hydrogen-bond acceptors (Lipinski definition) is 7. The predicted molar refractivity (Wildman–Crippen MR) is 165 cm³/mol. The molecule has 220 valence electrons. The number of aliphatic hydroxyl groups is 1. The highest BCUT2D eigenvalue weighted by Crippen LogP contribution is 2.36. The van der Waals surface area contributed by atoms with Gasteiger partial charge < -0.3 is 20.6 Å². The lowest BCUT2D eigenvalue weighted by atomic mass is 9.90. The molecule has 3 aliphatic rings. The number of piperidine rings is 2. The number of aliphatic hydroxyl groups excluding tert-OH is 1. The van der Waals surface area contributed by atoms with Crippen molar-refractivity contribution in [2.75, 3.05) is 48.3 Å². The van der Waals surface area contributed by atoms with Crippen molar-refractivity contribution in [3.05, 3.63) is 71.4 Å². The van der Waals surface area contributed by atoms with E-state index in [0.29, 0.717) is 50.2 Å². The molecule has 5 heterocycles. The van der Waals surface area contributed by atoms with Gasteiger partial charge in [0.2, 0.25) is 0 Å². The van der Waals surface area contributed by atoms with Crippen LogP contribution in [-0.4, -0.2) is 64.7 Å². The maximum Gasteiger partial charge on any atom is 0.256 e. The summed E-state index contributed by atoms with van der Waals surface area (Å²) in [7, 11) is 0. The third kappa shape index (κ3) is 6.17. The van der Waals surface area contributed by atoms with Crippen LogP contribution in [0.1, 0.15) is 56.6 Å². The highest BCUT2D eigenvalue weighted by molar-refractivity contribution is 6.28. The van der Waals surface area contributed by atoms with E-state index in [1.165, 1.54) is 37.1 Å². The quantitative estimate of drug-likeness (QED) is 0.348. The topological polar surface area (TPSA) is 93.6 Å². The van der Waals surface area contributed by atoms with Crippen LogP contribution in [0.15, 0.2) is 54.5 Å². The number of benzene rings is 1. The molecule has 0 unspecified atom stereocenters. The number of carbonyl (C=O) groups excluding carboxylic acids is 1. The summed E-state index contributed by atoms with van der Waals surface area (Å²) in [5.74, 6) is -0.515. The number of amides is 1. The van der Waals surface area contributed by atoms with Gasteiger partial charge in [0.1, 0.15) is 0 Å². The lowest BCUT2D eigenvalue weighted by Crippen LogP contribution is -2.36. The fourth-order valence-electron chi connectivity index (χ4n) is 6.26. The zero-order chi connectivity index (χ0) is 29.1. The normalized spacial score (nSPS) is 18.0. The molecule has 0 radical (unpaired) electrons. The van der Waals surface area contributed by atoms with Crippen LogP contribution in [0.4, 0.5) is 21.6 Å². The molecule has 0 atom stereocenters. The Labute approximate surface area is 246 Å². The van der Waals surface area contributed by atoms with Gasteiger partial charge in [-0.15, -0.1) is 0 Å². The Morgan fingerprint density at radius 3 is 2.62 bits per heavy atom. The first-order chi connectivity index (χ1) is 20.5. The van der Waals surface area contributed by atoms with E-state index in [9.17, 15) is 9.90 Å². The fraction of sp³-hybridized carbons (Fsp3) is 0.424.